The van der Waals surface area contributed by atoms with Crippen LogP contribution in [0.25, 0.3) is 0 Å². The Labute approximate surface area is 65.0 Å². The van der Waals surface area contributed by atoms with Crippen molar-refractivity contribution in [3.8, 4) is 5.88 Å². The molecule has 3 heteroatoms. The molecule has 2 heterocycles. The number of hydrogen-bond acceptors (Lipinski definition) is 3. The molecular formula is C8H9NO2. The zero-order valence-electron chi connectivity index (χ0n) is 6.28. The van der Waals surface area contributed by atoms with Gasteiger partial charge in [-0.1, -0.05) is 6.07 Å². The smallest absolute Gasteiger partial charge is 0.213 e. The lowest BCUT2D eigenvalue weighted by Crippen LogP contribution is -1.91. The topological polar surface area (TPSA) is 34.6 Å². The molecule has 0 aliphatic carbocycles. The molecule has 11 heavy (non-hydrogen) atoms. The number of nitrogens with zero attached hydrogens (tertiary/aromatic N) is 1. The Bertz CT molecular complexity index is 258. The van der Waals surface area contributed by atoms with Gasteiger partial charge in [-0.15, -0.1) is 0 Å². The van der Waals surface area contributed by atoms with Crippen molar-refractivity contribution >= 4 is 0 Å². The van der Waals surface area contributed by atoms with Crippen LogP contribution in [-0.4, -0.2) is 18.7 Å². The fourth-order valence-corrected chi connectivity index (χ4v) is 0.943. The standard InChI is InChI=1S/C8H9NO2/c1-10-8-4-2-3-6(9-8)7-5-11-7/h2-4,7H,5H2,1H3/t7-/m0/s1. The van der Waals surface area contributed by atoms with Crippen molar-refractivity contribution < 1.29 is 9.47 Å². The second kappa shape index (κ2) is 2.51. The summed E-state index contributed by atoms with van der Waals surface area (Å²) in [5.41, 5.74) is 0.962. The van der Waals surface area contributed by atoms with Crippen LogP contribution < -0.4 is 4.74 Å². The highest BCUT2D eigenvalue weighted by Gasteiger charge is 2.26. The number of rotatable bonds is 2. The summed E-state index contributed by atoms with van der Waals surface area (Å²) in [5.74, 6) is 0.651. The monoisotopic (exact) mass is 151 g/mol. The zero-order chi connectivity index (χ0) is 7.68. The van der Waals surface area contributed by atoms with E-state index in [1.54, 1.807) is 7.11 Å². The Hall–Kier alpha value is -1.09. The van der Waals surface area contributed by atoms with Crippen LogP contribution in [0.5, 0.6) is 5.88 Å². The number of epoxide rings is 1. The summed E-state index contributed by atoms with van der Waals surface area (Å²) in [6.45, 7) is 0.792. The Morgan fingerprint density at radius 2 is 2.45 bits per heavy atom. The van der Waals surface area contributed by atoms with Crippen LogP contribution in [0.15, 0.2) is 18.2 Å². The van der Waals surface area contributed by atoms with Crippen molar-refractivity contribution in [3.05, 3.63) is 23.9 Å². The minimum atomic E-state index is 0.213. The first-order chi connectivity index (χ1) is 5.40. The fourth-order valence-electron chi connectivity index (χ4n) is 0.943. The van der Waals surface area contributed by atoms with E-state index in [1.165, 1.54) is 0 Å². The van der Waals surface area contributed by atoms with Crippen LogP contribution in [0.2, 0.25) is 0 Å². The van der Waals surface area contributed by atoms with Gasteiger partial charge in [0.15, 0.2) is 0 Å². The molecule has 2 rings (SSSR count). The molecule has 1 aliphatic rings. The number of aromatic nitrogens is 1. The quantitative estimate of drug-likeness (QED) is 0.595. The highest BCUT2D eigenvalue weighted by molar-refractivity contribution is 5.18. The first-order valence-corrected chi connectivity index (χ1v) is 3.52. The maximum Gasteiger partial charge on any atom is 0.213 e. The molecular weight excluding hydrogens is 142 g/mol. The van der Waals surface area contributed by atoms with E-state index in [2.05, 4.69) is 4.98 Å². The third-order valence-corrected chi connectivity index (χ3v) is 1.62. The third-order valence-electron chi connectivity index (χ3n) is 1.62. The maximum absolute atomic E-state index is 5.08. The van der Waals surface area contributed by atoms with Crippen LogP contribution in [0.4, 0.5) is 0 Å². The number of ether oxygens (including phenoxy) is 2. The summed E-state index contributed by atoms with van der Waals surface area (Å²) in [7, 11) is 1.61. The van der Waals surface area contributed by atoms with E-state index in [0.29, 0.717) is 5.88 Å². The molecule has 0 saturated carbocycles. The summed E-state index contributed by atoms with van der Waals surface area (Å²) in [6.07, 6.45) is 0.213. The predicted octanol–water partition coefficient (Wildman–Crippen LogP) is 1.16. The SMILES string of the molecule is COc1cccc([C@@H]2CO2)n1. The molecule has 0 bridgehead atoms. The van der Waals surface area contributed by atoms with Gasteiger partial charge in [0.1, 0.15) is 6.10 Å². The predicted molar refractivity (Wildman–Crippen MR) is 39.5 cm³/mol. The molecule has 3 nitrogen and oxygen atoms in total. The number of pyridine rings is 1. The van der Waals surface area contributed by atoms with Gasteiger partial charge >= 0.3 is 0 Å². The molecule has 0 aromatic carbocycles. The van der Waals surface area contributed by atoms with E-state index in [0.717, 1.165) is 12.3 Å². The number of methoxy groups -OCH3 is 1. The van der Waals surface area contributed by atoms with Crippen molar-refractivity contribution in [1.82, 2.24) is 4.98 Å². The van der Waals surface area contributed by atoms with Gasteiger partial charge in [-0.2, -0.15) is 0 Å². The van der Waals surface area contributed by atoms with E-state index in [4.69, 9.17) is 9.47 Å². The number of hydrogen-bond donors (Lipinski definition) is 0. The minimum Gasteiger partial charge on any atom is -0.481 e. The van der Waals surface area contributed by atoms with Gasteiger partial charge in [0.05, 0.1) is 19.4 Å². The van der Waals surface area contributed by atoms with Crippen molar-refractivity contribution in [2.45, 2.75) is 6.10 Å². The van der Waals surface area contributed by atoms with Crippen molar-refractivity contribution in [3.63, 3.8) is 0 Å². The van der Waals surface area contributed by atoms with E-state index in [-0.39, 0.29) is 6.10 Å². The largest absolute Gasteiger partial charge is 0.481 e. The molecule has 1 aliphatic heterocycles. The molecule has 1 atom stereocenters. The van der Waals surface area contributed by atoms with Crippen molar-refractivity contribution in [2.75, 3.05) is 13.7 Å². The summed E-state index contributed by atoms with van der Waals surface area (Å²) in [4.78, 5) is 4.21. The summed E-state index contributed by atoms with van der Waals surface area (Å²) in [5, 5.41) is 0. The van der Waals surface area contributed by atoms with Gasteiger partial charge in [-0.25, -0.2) is 4.98 Å². The van der Waals surface area contributed by atoms with Crippen molar-refractivity contribution in [2.24, 2.45) is 0 Å². The second-order valence-electron chi connectivity index (χ2n) is 2.43. The molecule has 0 unspecified atom stereocenters. The first kappa shape index (κ1) is 6.61. The average Bonchev–Trinajstić information content (AvgIpc) is 2.87. The van der Waals surface area contributed by atoms with E-state index in [1.807, 2.05) is 18.2 Å². The Kier molecular flexibility index (Phi) is 1.51. The highest BCUT2D eigenvalue weighted by atomic mass is 16.6. The fraction of sp³-hybridized carbons (Fsp3) is 0.375. The molecule has 0 radical (unpaired) electrons. The molecule has 0 spiro atoms. The Morgan fingerprint density at radius 1 is 1.64 bits per heavy atom. The summed E-state index contributed by atoms with van der Waals surface area (Å²) >= 11 is 0. The van der Waals surface area contributed by atoms with Gasteiger partial charge < -0.3 is 9.47 Å². The molecule has 0 N–H and O–H groups in total. The third kappa shape index (κ3) is 1.33. The average molecular weight is 151 g/mol. The second-order valence-corrected chi connectivity index (χ2v) is 2.43. The lowest BCUT2D eigenvalue weighted by Gasteiger charge is -1.98. The van der Waals surface area contributed by atoms with Gasteiger partial charge in [-0.3, -0.25) is 0 Å². The van der Waals surface area contributed by atoms with Crippen LogP contribution in [-0.2, 0) is 4.74 Å². The maximum atomic E-state index is 5.08. The molecule has 1 aromatic heterocycles. The van der Waals surface area contributed by atoms with Crippen LogP contribution in [0, 0.1) is 0 Å². The van der Waals surface area contributed by atoms with Crippen LogP contribution >= 0.6 is 0 Å². The lowest BCUT2D eigenvalue weighted by molar-refractivity contribution is 0.385. The molecule has 1 saturated heterocycles. The zero-order valence-corrected chi connectivity index (χ0v) is 6.28. The van der Waals surface area contributed by atoms with Crippen LogP contribution in [0.3, 0.4) is 0 Å². The van der Waals surface area contributed by atoms with E-state index in [9.17, 15) is 0 Å². The summed E-state index contributed by atoms with van der Waals surface area (Å²) in [6, 6.07) is 5.69. The first-order valence-electron chi connectivity index (χ1n) is 3.52. The lowest BCUT2D eigenvalue weighted by atomic mass is 10.3. The molecule has 58 valence electrons. The van der Waals surface area contributed by atoms with Gasteiger partial charge in [0.25, 0.3) is 0 Å². The van der Waals surface area contributed by atoms with Gasteiger partial charge in [0, 0.05) is 6.07 Å². The molecule has 1 aromatic rings. The van der Waals surface area contributed by atoms with Crippen molar-refractivity contribution in [1.29, 1.82) is 0 Å². The minimum absolute atomic E-state index is 0.213. The normalized spacial score (nSPS) is 21.4. The van der Waals surface area contributed by atoms with Gasteiger partial charge in [-0.05, 0) is 6.07 Å². The highest BCUT2D eigenvalue weighted by Crippen LogP contribution is 2.28. The van der Waals surface area contributed by atoms with E-state index >= 15 is 0 Å². The van der Waals surface area contributed by atoms with E-state index < -0.39 is 0 Å². The summed E-state index contributed by atoms with van der Waals surface area (Å²) < 4.78 is 10.0. The van der Waals surface area contributed by atoms with Gasteiger partial charge in [0.2, 0.25) is 5.88 Å². The Morgan fingerprint density at radius 3 is 3.09 bits per heavy atom. The molecule has 0 amide bonds. The van der Waals surface area contributed by atoms with Crippen LogP contribution in [0.1, 0.15) is 11.8 Å². The molecule has 1 fully saturated rings. The Balaban J connectivity index is 2.26.